The Kier molecular flexibility index (Phi) is 5.08. The van der Waals surface area contributed by atoms with Crippen LogP contribution in [0.5, 0.6) is 0 Å². The molecular formula is C19H25N3O4. The number of benzene rings is 1. The maximum Gasteiger partial charge on any atom is 0.317 e. The van der Waals surface area contributed by atoms with Crippen molar-refractivity contribution in [3.05, 3.63) is 35.9 Å². The van der Waals surface area contributed by atoms with Gasteiger partial charge in [-0.25, -0.2) is 4.79 Å². The van der Waals surface area contributed by atoms with E-state index < -0.39 is 0 Å². The lowest BCUT2D eigenvalue weighted by molar-refractivity contribution is -0.142. The number of likely N-dealkylation sites (tertiary alicyclic amines) is 1. The number of hydrogen-bond acceptors (Lipinski definition) is 4. The summed E-state index contributed by atoms with van der Waals surface area (Å²) in [5.41, 5.74) is 1.07. The standard InChI is InChI=1S/C19H25N3O4/c23-18(21-6-8-25-9-7-21)16-10-15-12-22(13-17(16)26-15)19(24)20-11-14-4-2-1-3-5-14/h1-5,15-17H,6-13H2,(H,20,24)/t15-,16+,17-/m0/s1. The first-order valence-electron chi connectivity index (χ1n) is 9.29. The van der Waals surface area contributed by atoms with Gasteiger partial charge >= 0.3 is 6.03 Å². The summed E-state index contributed by atoms with van der Waals surface area (Å²) >= 11 is 0. The molecule has 0 spiro atoms. The Bertz CT molecular complexity index is 647. The lowest BCUT2D eigenvalue weighted by Gasteiger charge is -2.34. The molecule has 3 aliphatic heterocycles. The van der Waals surface area contributed by atoms with Crippen molar-refractivity contribution in [1.29, 1.82) is 0 Å². The van der Waals surface area contributed by atoms with Gasteiger partial charge in [-0.2, -0.15) is 0 Å². The van der Waals surface area contributed by atoms with Crippen molar-refractivity contribution in [3.63, 3.8) is 0 Å². The number of amides is 3. The van der Waals surface area contributed by atoms with Gasteiger partial charge in [0.1, 0.15) is 0 Å². The highest BCUT2D eigenvalue weighted by atomic mass is 16.5. The topological polar surface area (TPSA) is 71.1 Å². The molecule has 0 radical (unpaired) electrons. The van der Waals surface area contributed by atoms with Crippen LogP contribution in [-0.2, 0) is 20.8 Å². The summed E-state index contributed by atoms with van der Waals surface area (Å²) in [6.07, 6.45) is 0.446. The Balaban J connectivity index is 1.33. The van der Waals surface area contributed by atoms with Crippen molar-refractivity contribution in [2.75, 3.05) is 39.4 Å². The van der Waals surface area contributed by atoms with Gasteiger partial charge in [0, 0.05) is 32.7 Å². The molecule has 0 aliphatic carbocycles. The molecule has 26 heavy (non-hydrogen) atoms. The van der Waals surface area contributed by atoms with Crippen LogP contribution in [0.4, 0.5) is 4.79 Å². The summed E-state index contributed by atoms with van der Waals surface area (Å²) in [5, 5.41) is 2.96. The van der Waals surface area contributed by atoms with Crippen LogP contribution < -0.4 is 5.32 Å². The molecule has 0 saturated carbocycles. The number of ether oxygens (including phenoxy) is 2. The number of morpholine rings is 2. The van der Waals surface area contributed by atoms with E-state index in [-0.39, 0.29) is 30.1 Å². The smallest absolute Gasteiger partial charge is 0.317 e. The highest BCUT2D eigenvalue weighted by molar-refractivity contribution is 5.80. The molecule has 3 heterocycles. The third-order valence-electron chi connectivity index (χ3n) is 5.37. The van der Waals surface area contributed by atoms with Gasteiger partial charge in [0.2, 0.25) is 5.91 Å². The monoisotopic (exact) mass is 359 g/mol. The molecule has 0 unspecified atom stereocenters. The largest absolute Gasteiger partial charge is 0.378 e. The van der Waals surface area contributed by atoms with Crippen LogP contribution in [0.2, 0.25) is 0 Å². The highest BCUT2D eigenvalue weighted by Gasteiger charge is 2.46. The minimum Gasteiger partial charge on any atom is -0.378 e. The fourth-order valence-electron chi connectivity index (χ4n) is 3.99. The van der Waals surface area contributed by atoms with Crippen molar-refractivity contribution in [1.82, 2.24) is 15.1 Å². The predicted octanol–water partition coefficient (Wildman–Crippen LogP) is 0.844. The van der Waals surface area contributed by atoms with Gasteiger partial charge in [-0.15, -0.1) is 0 Å². The Morgan fingerprint density at radius 2 is 1.85 bits per heavy atom. The summed E-state index contributed by atoms with van der Waals surface area (Å²) in [6.45, 7) is 4.01. The zero-order valence-electron chi connectivity index (χ0n) is 14.8. The molecule has 1 aromatic rings. The summed E-state index contributed by atoms with van der Waals surface area (Å²) < 4.78 is 11.3. The van der Waals surface area contributed by atoms with Gasteiger partial charge in [0.15, 0.2) is 0 Å². The van der Waals surface area contributed by atoms with Crippen LogP contribution >= 0.6 is 0 Å². The average molecular weight is 359 g/mol. The molecule has 4 rings (SSSR count). The average Bonchev–Trinajstić information content (AvgIpc) is 3.00. The maximum atomic E-state index is 12.8. The van der Waals surface area contributed by atoms with Crippen LogP contribution in [0.1, 0.15) is 12.0 Å². The number of fused-ring (bicyclic) bond motifs is 2. The second-order valence-corrected chi connectivity index (χ2v) is 7.13. The molecule has 7 nitrogen and oxygen atoms in total. The van der Waals surface area contributed by atoms with E-state index in [4.69, 9.17) is 9.47 Å². The van der Waals surface area contributed by atoms with Crippen molar-refractivity contribution in [3.8, 4) is 0 Å². The van der Waals surface area contributed by atoms with Crippen LogP contribution in [0.25, 0.3) is 0 Å². The summed E-state index contributed by atoms with van der Waals surface area (Å²) in [7, 11) is 0. The van der Waals surface area contributed by atoms with Gasteiger partial charge in [0.05, 0.1) is 31.3 Å². The normalized spacial score (nSPS) is 28.1. The van der Waals surface area contributed by atoms with Gasteiger partial charge < -0.3 is 24.6 Å². The molecular weight excluding hydrogens is 334 g/mol. The Labute approximate surface area is 153 Å². The van der Waals surface area contributed by atoms with Gasteiger partial charge in [-0.1, -0.05) is 30.3 Å². The summed E-state index contributed by atoms with van der Waals surface area (Å²) in [5.74, 6) is -0.00244. The lowest BCUT2D eigenvalue weighted by atomic mass is 9.98. The number of nitrogens with zero attached hydrogens (tertiary/aromatic N) is 2. The highest BCUT2D eigenvalue weighted by Crippen LogP contribution is 2.33. The van der Waals surface area contributed by atoms with E-state index in [1.165, 1.54) is 0 Å². The minimum absolute atomic E-state index is 0.0498. The van der Waals surface area contributed by atoms with E-state index in [2.05, 4.69) is 5.32 Å². The fourth-order valence-corrected chi connectivity index (χ4v) is 3.99. The van der Waals surface area contributed by atoms with E-state index in [0.29, 0.717) is 52.4 Å². The SMILES string of the molecule is O=C(NCc1ccccc1)N1C[C@@H]2C[C@@H](C(=O)N3CCOCC3)[C@H](C1)O2. The first-order valence-corrected chi connectivity index (χ1v) is 9.29. The van der Waals surface area contributed by atoms with Crippen LogP contribution in [0, 0.1) is 5.92 Å². The van der Waals surface area contributed by atoms with Crippen molar-refractivity contribution < 1.29 is 19.1 Å². The molecule has 3 aliphatic rings. The van der Waals surface area contributed by atoms with Crippen LogP contribution in [0.15, 0.2) is 30.3 Å². The van der Waals surface area contributed by atoms with Gasteiger partial charge in [-0.3, -0.25) is 4.79 Å². The number of nitrogens with one attached hydrogen (secondary N) is 1. The second-order valence-electron chi connectivity index (χ2n) is 7.13. The molecule has 1 N–H and O–H groups in total. The Hall–Kier alpha value is -2.12. The molecule has 1 aromatic carbocycles. The minimum atomic E-state index is -0.202. The number of urea groups is 1. The lowest BCUT2D eigenvalue weighted by Crippen LogP contribution is -2.51. The Morgan fingerprint density at radius 1 is 1.08 bits per heavy atom. The number of rotatable bonds is 3. The van der Waals surface area contributed by atoms with Crippen molar-refractivity contribution >= 4 is 11.9 Å². The molecule has 3 amide bonds. The molecule has 7 heteroatoms. The molecule has 3 atom stereocenters. The third kappa shape index (κ3) is 3.68. The van der Waals surface area contributed by atoms with Gasteiger partial charge in [0.25, 0.3) is 0 Å². The van der Waals surface area contributed by atoms with E-state index in [1.807, 2.05) is 35.2 Å². The zero-order valence-corrected chi connectivity index (χ0v) is 14.8. The third-order valence-corrected chi connectivity index (χ3v) is 5.37. The van der Waals surface area contributed by atoms with Crippen LogP contribution in [-0.4, -0.2) is 73.3 Å². The predicted molar refractivity (Wildman–Crippen MR) is 94.4 cm³/mol. The molecule has 3 saturated heterocycles. The number of carbonyl (C=O) groups is 2. The molecule has 0 aromatic heterocycles. The van der Waals surface area contributed by atoms with Gasteiger partial charge in [-0.05, 0) is 12.0 Å². The maximum absolute atomic E-state index is 12.8. The first kappa shape index (κ1) is 17.3. The molecule has 2 bridgehead atoms. The van der Waals surface area contributed by atoms with Crippen molar-refractivity contribution in [2.45, 2.75) is 25.2 Å². The summed E-state index contributed by atoms with van der Waals surface area (Å²) in [4.78, 5) is 29.0. The van der Waals surface area contributed by atoms with E-state index in [1.54, 1.807) is 4.90 Å². The van der Waals surface area contributed by atoms with E-state index in [0.717, 1.165) is 5.56 Å². The van der Waals surface area contributed by atoms with E-state index >= 15 is 0 Å². The fraction of sp³-hybridized carbons (Fsp3) is 0.579. The Morgan fingerprint density at radius 3 is 2.62 bits per heavy atom. The summed E-state index contributed by atoms with van der Waals surface area (Å²) in [6, 6.07) is 9.75. The second kappa shape index (κ2) is 7.63. The number of carbonyl (C=O) groups excluding carboxylic acids is 2. The zero-order chi connectivity index (χ0) is 17.9. The number of hydrogen-bond donors (Lipinski definition) is 1. The first-order chi connectivity index (χ1) is 12.7. The van der Waals surface area contributed by atoms with Crippen molar-refractivity contribution in [2.24, 2.45) is 5.92 Å². The molecule has 3 fully saturated rings. The quantitative estimate of drug-likeness (QED) is 0.868. The molecule has 140 valence electrons. The van der Waals surface area contributed by atoms with E-state index in [9.17, 15) is 9.59 Å². The van der Waals surface area contributed by atoms with Crippen LogP contribution in [0.3, 0.4) is 0 Å².